The molecule has 1 heterocycles. The number of carbonyl (C=O) groups excluding carboxylic acids is 1. The highest BCUT2D eigenvalue weighted by atomic mass is 32.2. The van der Waals surface area contributed by atoms with Crippen LogP contribution in [0.5, 0.6) is 0 Å². The van der Waals surface area contributed by atoms with Crippen LogP contribution in [-0.4, -0.2) is 49.4 Å². The Morgan fingerprint density at radius 2 is 2.31 bits per heavy atom. The van der Waals surface area contributed by atoms with Crippen molar-refractivity contribution < 1.29 is 13.2 Å². The highest BCUT2D eigenvalue weighted by Gasteiger charge is 2.32. The minimum absolute atomic E-state index is 0.00150. The van der Waals surface area contributed by atoms with Crippen molar-refractivity contribution in [3.05, 3.63) is 0 Å². The molecule has 0 aromatic rings. The summed E-state index contributed by atoms with van der Waals surface area (Å²) >= 11 is 0. The number of rotatable bonds is 2. The SMILES string of the molecule is C#CCC(N)C(=O)N1CCS(=O)(=O)CC1C. The van der Waals surface area contributed by atoms with Gasteiger partial charge < -0.3 is 10.6 Å². The number of terminal acetylenes is 1. The van der Waals surface area contributed by atoms with E-state index in [9.17, 15) is 13.2 Å². The molecule has 5 nitrogen and oxygen atoms in total. The van der Waals surface area contributed by atoms with E-state index in [0.717, 1.165) is 0 Å². The van der Waals surface area contributed by atoms with Gasteiger partial charge in [0.05, 0.1) is 17.5 Å². The summed E-state index contributed by atoms with van der Waals surface area (Å²) in [6.07, 6.45) is 5.25. The third kappa shape index (κ3) is 2.97. The molecule has 1 aliphatic rings. The van der Waals surface area contributed by atoms with Crippen LogP contribution in [0.2, 0.25) is 0 Å². The lowest BCUT2D eigenvalue weighted by Crippen LogP contribution is -2.54. The number of sulfone groups is 1. The summed E-state index contributed by atoms with van der Waals surface area (Å²) in [5, 5.41) is 0. The number of hydrogen-bond acceptors (Lipinski definition) is 4. The van der Waals surface area contributed by atoms with Crippen LogP contribution in [0, 0.1) is 12.3 Å². The molecule has 0 aromatic heterocycles. The standard InChI is InChI=1S/C10H16N2O3S/c1-3-4-9(11)10(13)12-5-6-16(14,15)7-8(12)2/h1,8-9H,4-7,11H2,2H3. The van der Waals surface area contributed by atoms with Gasteiger partial charge in [-0.1, -0.05) is 0 Å². The van der Waals surface area contributed by atoms with E-state index in [0.29, 0.717) is 0 Å². The first kappa shape index (κ1) is 13.0. The lowest BCUT2D eigenvalue weighted by Gasteiger charge is -2.34. The van der Waals surface area contributed by atoms with Crippen LogP contribution in [0.3, 0.4) is 0 Å². The summed E-state index contributed by atoms with van der Waals surface area (Å²) in [7, 11) is -3.01. The Bertz CT molecular complexity index is 410. The second-order valence-electron chi connectivity index (χ2n) is 4.01. The predicted molar refractivity (Wildman–Crippen MR) is 61.3 cm³/mol. The summed E-state index contributed by atoms with van der Waals surface area (Å²) in [4.78, 5) is 13.3. The van der Waals surface area contributed by atoms with Crippen molar-refractivity contribution in [1.82, 2.24) is 4.90 Å². The molecule has 0 bridgehead atoms. The molecular weight excluding hydrogens is 228 g/mol. The Labute approximate surface area is 95.9 Å². The van der Waals surface area contributed by atoms with E-state index in [1.54, 1.807) is 6.92 Å². The zero-order valence-electron chi connectivity index (χ0n) is 9.22. The van der Waals surface area contributed by atoms with Gasteiger partial charge in [0.15, 0.2) is 9.84 Å². The Kier molecular flexibility index (Phi) is 3.94. The lowest BCUT2D eigenvalue weighted by molar-refractivity contribution is -0.134. The Morgan fingerprint density at radius 1 is 1.69 bits per heavy atom. The summed E-state index contributed by atoms with van der Waals surface area (Å²) < 4.78 is 22.6. The van der Waals surface area contributed by atoms with Gasteiger partial charge in [0.2, 0.25) is 5.91 Å². The molecule has 6 heteroatoms. The fourth-order valence-electron chi connectivity index (χ4n) is 1.75. The molecule has 1 aliphatic heterocycles. The first-order valence-electron chi connectivity index (χ1n) is 5.07. The molecule has 16 heavy (non-hydrogen) atoms. The molecule has 0 saturated carbocycles. The van der Waals surface area contributed by atoms with Crippen molar-refractivity contribution in [3.63, 3.8) is 0 Å². The largest absolute Gasteiger partial charge is 0.337 e. The maximum absolute atomic E-state index is 11.8. The molecule has 2 N–H and O–H groups in total. The van der Waals surface area contributed by atoms with E-state index >= 15 is 0 Å². The quantitative estimate of drug-likeness (QED) is 0.631. The number of nitrogens with two attached hydrogens (primary N) is 1. The van der Waals surface area contributed by atoms with E-state index in [-0.39, 0.29) is 36.4 Å². The monoisotopic (exact) mass is 244 g/mol. The Balaban J connectivity index is 2.70. The van der Waals surface area contributed by atoms with E-state index in [4.69, 9.17) is 12.2 Å². The van der Waals surface area contributed by atoms with Gasteiger partial charge in [-0.15, -0.1) is 12.3 Å². The van der Waals surface area contributed by atoms with Crippen LogP contribution in [0.15, 0.2) is 0 Å². The fraction of sp³-hybridized carbons (Fsp3) is 0.700. The third-order valence-corrected chi connectivity index (χ3v) is 4.40. The van der Waals surface area contributed by atoms with Crippen molar-refractivity contribution in [1.29, 1.82) is 0 Å². The van der Waals surface area contributed by atoms with E-state index < -0.39 is 15.9 Å². The van der Waals surface area contributed by atoms with Crippen LogP contribution >= 0.6 is 0 Å². The van der Waals surface area contributed by atoms with Gasteiger partial charge in [0.1, 0.15) is 0 Å². The minimum Gasteiger partial charge on any atom is -0.337 e. The number of carbonyl (C=O) groups is 1. The van der Waals surface area contributed by atoms with Crippen molar-refractivity contribution in [3.8, 4) is 12.3 Å². The zero-order valence-corrected chi connectivity index (χ0v) is 10.0. The molecule has 1 amide bonds. The minimum atomic E-state index is -3.01. The summed E-state index contributed by atoms with van der Waals surface area (Å²) in [5.74, 6) is 2.07. The average Bonchev–Trinajstić information content (AvgIpc) is 2.16. The maximum Gasteiger partial charge on any atom is 0.240 e. The first-order chi connectivity index (χ1) is 7.37. The second kappa shape index (κ2) is 4.85. The first-order valence-corrected chi connectivity index (χ1v) is 6.89. The molecule has 1 rings (SSSR count). The van der Waals surface area contributed by atoms with Gasteiger partial charge in [-0.3, -0.25) is 4.79 Å². The van der Waals surface area contributed by atoms with Crippen LogP contribution in [-0.2, 0) is 14.6 Å². The van der Waals surface area contributed by atoms with Gasteiger partial charge in [-0.05, 0) is 6.92 Å². The molecular formula is C10H16N2O3S. The van der Waals surface area contributed by atoms with Gasteiger partial charge in [0, 0.05) is 19.0 Å². The van der Waals surface area contributed by atoms with E-state index in [1.807, 2.05) is 0 Å². The van der Waals surface area contributed by atoms with Crippen molar-refractivity contribution in [2.24, 2.45) is 5.73 Å². The Morgan fingerprint density at radius 3 is 2.81 bits per heavy atom. The summed E-state index contributed by atoms with van der Waals surface area (Å²) in [5.41, 5.74) is 5.61. The van der Waals surface area contributed by atoms with E-state index in [2.05, 4.69) is 5.92 Å². The normalized spacial score (nSPS) is 25.8. The van der Waals surface area contributed by atoms with Crippen LogP contribution < -0.4 is 5.73 Å². The van der Waals surface area contributed by atoms with Gasteiger partial charge in [0.25, 0.3) is 0 Å². The van der Waals surface area contributed by atoms with Gasteiger partial charge in [-0.2, -0.15) is 0 Å². The Hall–Kier alpha value is -1.06. The van der Waals surface area contributed by atoms with Gasteiger partial charge >= 0.3 is 0 Å². The smallest absolute Gasteiger partial charge is 0.240 e. The number of nitrogens with zero attached hydrogens (tertiary/aromatic N) is 1. The van der Waals surface area contributed by atoms with Crippen LogP contribution in [0.4, 0.5) is 0 Å². The molecule has 0 spiro atoms. The molecule has 0 radical (unpaired) electrons. The molecule has 1 fully saturated rings. The maximum atomic E-state index is 11.8. The second-order valence-corrected chi connectivity index (χ2v) is 6.24. The molecule has 2 unspecified atom stereocenters. The van der Waals surface area contributed by atoms with Gasteiger partial charge in [-0.25, -0.2) is 8.42 Å². The molecule has 0 aliphatic carbocycles. The molecule has 0 aromatic carbocycles. The number of amides is 1. The highest BCUT2D eigenvalue weighted by molar-refractivity contribution is 7.91. The van der Waals surface area contributed by atoms with Crippen LogP contribution in [0.25, 0.3) is 0 Å². The topological polar surface area (TPSA) is 80.5 Å². The average molecular weight is 244 g/mol. The zero-order chi connectivity index (χ0) is 12.3. The van der Waals surface area contributed by atoms with Crippen molar-refractivity contribution in [2.45, 2.75) is 25.4 Å². The summed E-state index contributed by atoms with van der Waals surface area (Å²) in [6, 6.07) is -1.05. The molecule has 1 saturated heterocycles. The fourth-order valence-corrected chi connectivity index (χ4v) is 3.31. The highest BCUT2D eigenvalue weighted by Crippen LogP contribution is 2.12. The predicted octanol–water partition coefficient (Wildman–Crippen LogP) is -1.02. The molecule has 2 atom stereocenters. The summed E-state index contributed by atoms with van der Waals surface area (Å²) in [6.45, 7) is 1.91. The van der Waals surface area contributed by atoms with E-state index in [1.165, 1.54) is 4.90 Å². The van der Waals surface area contributed by atoms with Crippen molar-refractivity contribution in [2.75, 3.05) is 18.1 Å². The number of hydrogen-bond donors (Lipinski definition) is 1. The van der Waals surface area contributed by atoms with Crippen molar-refractivity contribution >= 4 is 15.7 Å². The van der Waals surface area contributed by atoms with Crippen LogP contribution in [0.1, 0.15) is 13.3 Å². The molecule has 90 valence electrons. The third-order valence-electron chi connectivity index (χ3n) is 2.61. The lowest BCUT2D eigenvalue weighted by atomic mass is 10.1.